The topological polar surface area (TPSA) is 63.9 Å². The maximum absolute atomic E-state index is 12.5. The highest BCUT2D eigenvalue weighted by atomic mass is 35.5. The van der Waals surface area contributed by atoms with E-state index < -0.39 is 0 Å². The fourth-order valence-electron chi connectivity index (χ4n) is 2.50. The number of methoxy groups -OCH3 is 1. The van der Waals surface area contributed by atoms with Gasteiger partial charge in [-0.15, -0.1) is 0 Å². The van der Waals surface area contributed by atoms with Gasteiger partial charge in [-0.25, -0.2) is 4.98 Å². The predicted molar refractivity (Wildman–Crippen MR) is 77.5 cm³/mol. The van der Waals surface area contributed by atoms with Crippen LogP contribution < -0.4 is 5.56 Å². The lowest BCUT2D eigenvalue weighted by atomic mass is 10.1. The van der Waals surface area contributed by atoms with E-state index in [0.29, 0.717) is 29.2 Å². The third kappa shape index (κ3) is 2.52. The van der Waals surface area contributed by atoms with Gasteiger partial charge in [0.25, 0.3) is 5.56 Å². The second-order valence-electron chi connectivity index (χ2n) is 4.92. The average molecular weight is 308 g/mol. The summed E-state index contributed by atoms with van der Waals surface area (Å²) in [6.07, 6.45) is 2.11. The van der Waals surface area contributed by atoms with E-state index in [1.165, 1.54) is 11.5 Å². The molecular formula is C14H14ClN3O3. The highest BCUT2D eigenvalue weighted by Crippen LogP contribution is 2.16. The minimum absolute atomic E-state index is 0.0174. The molecule has 2 aromatic rings. The van der Waals surface area contributed by atoms with Gasteiger partial charge in [0, 0.05) is 26.3 Å². The molecule has 7 heteroatoms. The van der Waals surface area contributed by atoms with E-state index in [2.05, 4.69) is 4.98 Å². The molecule has 0 saturated carbocycles. The Balaban J connectivity index is 2.05. The molecule has 2 aromatic heterocycles. The predicted octanol–water partition coefficient (Wildman–Crippen LogP) is 0.879. The summed E-state index contributed by atoms with van der Waals surface area (Å²) in [5.41, 5.74) is 1.70. The lowest BCUT2D eigenvalue weighted by Gasteiger charge is -2.27. The molecule has 0 saturated heterocycles. The molecule has 1 amide bonds. The maximum atomic E-state index is 12.5. The zero-order chi connectivity index (χ0) is 15.0. The summed E-state index contributed by atoms with van der Waals surface area (Å²) in [5, 5.41) is 0.467. The summed E-state index contributed by atoms with van der Waals surface area (Å²) in [7, 11) is 1.47. The van der Waals surface area contributed by atoms with Crippen molar-refractivity contribution in [2.24, 2.45) is 0 Å². The molecule has 1 aliphatic heterocycles. The minimum atomic E-state index is -0.174. The van der Waals surface area contributed by atoms with E-state index in [4.69, 9.17) is 16.3 Å². The fraction of sp³-hybridized carbons (Fsp3) is 0.357. The first-order valence-electron chi connectivity index (χ1n) is 6.56. The van der Waals surface area contributed by atoms with Crippen molar-refractivity contribution >= 4 is 23.2 Å². The van der Waals surface area contributed by atoms with E-state index in [0.717, 1.165) is 5.69 Å². The Hall–Kier alpha value is -1.92. The molecular weight excluding hydrogens is 294 g/mol. The molecule has 0 unspecified atom stereocenters. The van der Waals surface area contributed by atoms with Crippen LogP contribution in [0.15, 0.2) is 23.1 Å². The highest BCUT2D eigenvalue weighted by Gasteiger charge is 2.24. The molecule has 0 N–H and O–H groups in total. The van der Waals surface area contributed by atoms with E-state index in [-0.39, 0.29) is 24.6 Å². The van der Waals surface area contributed by atoms with Gasteiger partial charge >= 0.3 is 0 Å². The number of pyridine rings is 1. The van der Waals surface area contributed by atoms with Crippen LogP contribution in [0, 0.1) is 0 Å². The van der Waals surface area contributed by atoms with Crippen LogP contribution in [-0.4, -0.2) is 40.5 Å². The summed E-state index contributed by atoms with van der Waals surface area (Å²) in [5.74, 6) is -0.126. The number of ether oxygens (including phenoxy) is 1. The summed E-state index contributed by atoms with van der Waals surface area (Å²) < 4.78 is 6.28. The molecule has 0 aliphatic carbocycles. The smallest absolute Gasteiger partial charge is 0.263 e. The molecule has 0 bridgehead atoms. The third-order valence-electron chi connectivity index (χ3n) is 3.55. The normalized spacial score (nSPS) is 14.3. The van der Waals surface area contributed by atoms with Crippen molar-refractivity contribution in [2.45, 2.75) is 13.0 Å². The van der Waals surface area contributed by atoms with Crippen molar-refractivity contribution in [3.05, 3.63) is 45.0 Å². The molecule has 21 heavy (non-hydrogen) atoms. The van der Waals surface area contributed by atoms with Crippen LogP contribution >= 0.6 is 11.6 Å². The monoisotopic (exact) mass is 307 g/mol. The molecule has 0 fully saturated rings. The molecule has 0 spiro atoms. The van der Waals surface area contributed by atoms with Crippen molar-refractivity contribution in [3.8, 4) is 0 Å². The van der Waals surface area contributed by atoms with Gasteiger partial charge in [0.15, 0.2) is 0 Å². The van der Waals surface area contributed by atoms with Crippen LogP contribution in [0.3, 0.4) is 0 Å². The van der Waals surface area contributed by atoms with Crippen LogP contribution in [0.1, 0.15) is 11.3 Å². The summed E-state index contributed by atoms with van der Waals surface area (Å²) in [6, 6.07) is 3.42. The number of aromatic nitrogens is 2. The van der Waals surface area contributed by atoms with Crippen LogP contribution in [0.4, 0.5) is 0 Å². The number of hydrogen-bond acceptors (Lipinski definition) is 4. The lowest BCUT2D eigenvalue weighted by molar-refractivity contribution is -0.136. The largest absolute Gasteiger partial charge is 0.375 e. The van der Waals surface area contributed by atoms with Gasteiger partial charge in [0.2, 0.25) is 5.91 Å². The van der Waals surface area contributed by atoms with Gasteiger partial charge in [-0.2, -0.15) is 0 Å². The first-order valence-corrected chi connectivity index (χ1v) is 6.94. The first-order chi connectivity index (χ1) is 10.1. The number of fused-ring (bicyclic) bond motifs is 2. The van der Waals surface area contributed by atoms with Crippen LogP contribution in [-0.2, 0) is 22.5 Å². The Morgan fingerprint density at radius 2 is 2.29 bits per heavy atom. The summed E-state index contributed by atoms with van der Waals surface area (Å²) >= 11 is 5.93. The number of carbonyl (C=O) groups is 1. The zero-order valence-corrected chi connectivity index (χ0v) is 12.3. The van der Waals surface area contributed by atoms with E-state index in [1.54, 1.807) is 23.2 Å². The number of nitrogens with zero attached hydrogens (tertiary/aromatic N) is 3. The number of carbonyl (C=O) groups excluding carboxylic acids is 1. The van der Waals surface area contributed by atoms with E-state index in [9.17, 15) is 9.59 Å². The van der Waals surface area contributed by atoms with Crippen molar-refractivity contribution in [2.75, 3.05) is 20.3 Å². The van der Waals surface area contributed by atoms with Crippen molar-refractivity contribution < 1.29 is 9.53 Å². The van der Waals surface area contributed by atoms with Crippen molar-refractivity contribution in [1.29, 1.82) is 0 Å². The Labute approximate surface area is 125 Å². The van der Waals surface area contributed by atoms with Gasteiger partial charge in [-0.05, 0) is 12.1 Å². The number of amides is 1. The standard InChI is InChI=1S/C14H14ClN3O3/c1-21-8-13(19)17-5-4-11-10(7-17)14(20)18-6-9(15)2-3-12(18)16-11/h2-3,6H,4-5,7-8H2,1H3. The van der Waals surface area contributed by atoms with Gasteiger partial charge in [-0.1, -0.05) is 11.6 Å². The number of hydrogen-bond donors (Lipinski definition) is 0. The molecule has 0 atom stereocenters. The Bertz CT molecular complexity index is 772. The summed E-state index contributed by atoms with van der Waals surface area (Å²) in [4.78, 5) is 30.5. The van der Waals surface area contributed by atoms with Gasteiger partial charge in [0.1, 0.15) is 12.3 Å². The second-order valence-corrected chi connectivity index (χ2v) is 5.35. The Morgan fingerprint density at radius 1 is 1.48 bits per heavy atom. The average Bonchev–Trinajstić information content (AvgIpc) is 2.48. The maximum Gasteiger partial charge on any atom is 0.263 e. The number of rotatable bonds is 2. The first kappa shape index (κ1) is 14.0. The number of halogens is 1. The molecule has 3 rings (SSSR count). The highest BCUT2D eigenvalue weighted by molar-refractivity contribution is 6.30. The SMILES string of the molecule is COCC(=O)N1CCc2nc3ccc(Cl)cn3c(=O)c2C1. The van der Waals surface area contributed by atoms with Crippen molar-refractivity contribution in [3.63, 3.8) is 0 Å². The van der Waals surface area contributed by atoms with Crippen LogP contribution in [0.25, 0.3) is 5.65 Å². The fourth-order valence-corrected chi connectivity index (χ4v) is 2.66. The molecule has 1 aliphatic rings. The third-order valence-corrected chi connectivity index (χ3v) is 3.78. The Kier molecular flexibility index (Phi) is 3.65. The quantitative estimate of drug-likeness (QED) is 0.826. The van der Waals surface area contributed by atoms with Crippen molar-refractivity contribution in [1.82, 2.24) is 14.3 Å². The molecule has 110 valence electrons. The molecule has 3 heterocycles. The lowest BCUT2D eigenvalue weighted by Crippen LogP contribution is -2.41. The van der Waals surface area contributed by atoms with Crippen LogP contribution in [0.2, 0.25) is 5.02 Å². The molecule has 0 radical (unpaired) electrons. The minimum Gasteiger partial charge on any atom is -0.375 e. The van der Waals surface area contributed by atoms with Gasteiger partial charge in [-0.3, -0.25) is 14.0 Å². The van der Waals surface area contributed by atoms with Gasteiger partial charge < -0.3 is 9.64 Å². The van der Waals surface area contributed by atoms with Gasteiger partial charge in [0.05, 0.1) is 22.8 Å². The Morgan fingerprint density at radius 3 is 3.05 bits per heavy atom. The molecule has 0 aromatic carbocycles. The van der Waals surface area contributed by atoms with Crippen LogP contribution in [0.5, 0.6) is 0 Å². The zero-order valence-electron chi connectivity index (χ0n) is 11.5. The van der Waals surface area contributed by atoms with E-state index in [1.807, 2.05) is 0 Å². The second kappa shape index (κ2) is 5.46. The molecule has 6 nitrogen and oxygen atoms in total. The van der Waals surface area contributed by atoms with E-state index >= 15 is 0 Å². The summed E-state index contributed by atoms with van der Waals surface area (Å²) in [6.45, 7) is 0.827.